The van der Waals surface area contributed by atoms with Crippen LogP contribution >= 0.6 is 0 Å². The number of carbonyl (C=O) groups is 2. The van der Waals surface area contributed by atoms with Gasteiger partial charge in [0, 0.05) is 26.1 Å². The summed E-state index contributed by atoms with van der Waals surface area (Å²) < 4.78 is 5.63. The molecule has 0 saturated carbocycles. The Morgan fingerprint density at radius 2 is 2.05 bits per heavy atom. The summed E-state index contributed by atoms with van der Waals surface area (Å²) in [5.74, 6) is 0.179. The van der Waals surface area contributed by atoms with Gasteiger partial charge in [0.1, 0.15) is 0 Å². The third-order valence-electron chi connectivity index (χ3n) is 4.05. The highest BCUT2D eigenvalue weighted by Gasteiger charge is 2.26. The summed E-state index contributed by atoms with van der Waals surface area (Å²) in [6, 6.07) is 0. The van der Waals surface area contributed by atoms with E-state index in [9.17, 15) is 9.59 Å². The number of morpholine rings is 1. The van der Waals surface area contributed by atoms with Crippen LogP contribution in [0.2, 0.25) is 0 Å². The monoisotopic (exact) mass is 300 g/mol. The molecule has 21 heavy (non-hydrogen) atoms. The van der Waals surface area contributed by atoms with Crippen LogP contribution in [0, 0.1) is 11.8 Å². The van der Waals surface area contributed by atoms with E-state index in [4.69, 9.17) is 9.84 Å². The van der Waals surface area contributed by atoms with Crippen molar-refractivity contribution >= 4 is 11.9 Å². The van der Waals surface area contributed by atoms with Crippen LogP contribution in [0.3, 0.4) is 0 Å². The Morgan fingerprint density at radius 1 is 1.38 bits per heavy atom. The third kappa shape index (κ3) is 6.44. The first-order valence-corrected chi connectivity index (χ1v) is 7.59. The lowest BCUT2D eigenvalue weighted by Gasteiger charge is -2.35. The van der Waals surface area contributed by atoms with Crippen LogP contribution in [0.25, 0.3) is 0 Å². The van der Waals surface area contributed by atoms with Crippen molar-refractivity contribution in [2.24, 2.45) is 11.8 Å². The molecule has 1 saturated heterocycles. The largest absolute Gasteiger partial charge is 0.480 e. The molecule has 1 amide bonds. The summed E-state index contributed by atoms with van der Waals surface area (Å²) in [4.78, 5) is 26.5. The van der Waals surface area contributed by atoms with Gasteiger partial charge in [0.15, 0.2) is 0 Å². The van der Waals surface area contributed by atoms with Crippen molar-refractivity contribution in [1.82, 2.24) is 9.80 Å². The normalized spacial score (nSPS) is 20.9. The second-order valence-electron chi connectivity index (χ2n) is 6.35. The molecule has 0 spiro atoms. The molecule has 0 bridgehead atoms. The molecule has 0 aromatic rings. The second kappa shape index (κ2) is 8.34. The highest BCUT2D eigenvalue weighted by molar-refractivity contribution is 5.76. The molecule has 1 N–H and O–H groups in total. The highest BCUT2D eigenvalue weighted by atomic mass is 16.5. The van der Waals surface area contributed by atoms with Gasteiger partial charge in [-0.25, -0.2) is 0 Å². The van der Waals surface area contributed by atoms with Gasteiger partial charge in [0.2, 0.25) is 5.91 Å². The van der Waals surface area contributed by atoms with Crippen molar-refractivity contribution in [2.45, 2.75) is 33.3 Å². The Morgan fingerprint density at radius 3 is 2.62 bits per heavy atom. The molecular formula is C15H28N2O4. The maximum Gasteiger partial charge on any atom is 0.317 e. The summed E-state index contributed by atoms with van der Waals surface area (Å²) in [7, 11) is 1.75. The zero-order valence-corrected chi connectivity index (χ0v) is 13.5. The molecule has 2 unspecified atom stereocenters. The molecule has 0 aromatic heterocycles. The fraction of sp³-hybridized carbons (Fsp3) is 0.867. The Bertz CT molecular complexity index is 360. The molecule has 1 rings (SSSR count). The molecule has 122 valence electrons. The molecule has 1 aliphatic heterocycles. The van der Waals surface area contributed by atoms with Crippen LogP contribution in [0.15, 0.2) is 0 Å². The molecular weight excluding hydrogens is 272 g/mol. The van der Waals surface area contributed by atoms with Gasteiger partial charge in [-0.1, -0.05) is 20.8 Å². The standard InChI is InChI=1S/C15H28N2O4/c1-11(2)12(3)7-14(18)17-5-6-21-13(9-17)8-16(4)10-15(19)20/h11-13H,5-10H2,1-4H3,(H,19,20). The van der Waals surface area contributed by atoms with E-state index in [1.807, 2.05) is 4.90 Å². The molecule has 0 radical (unpaired) electrons. The minimum atomic E-state index is -0.855. The SMILES string of the molecule is CC(C)C(C)CC(=O)N1CCOC(CN(C)CC(=O)O)C1. The second-order valence-corrected chi connectivity index (χ2v) is 6.35. The summed E-state index contributed by atoms with van der Waals surface area (Å²) in [5, 5.41) is 8.76. The molecule has 6 heteroatoms. The summed E-state index contributed by atoms with van der Waals surface area (Å²) >= 11 is 0. The van der Waals surface area contributed by atoms with Crippen LogP contribution in [0.5, 0.6) is 0 Å². The number of hydrogen-bond donors (Lipinski definition) is 1. The molecule has 2 atom stereocenters. The number of aliphatic carboxylic acids is 1. The van der Waals surface area contributed by atoms with E-state index in [1.165, 1.54) is 0 Å². The number of carboxylic acids is 1. The molecule has 1 heterocycles. The topological polar surface area (TPSA) is 70.1 Å². The van der Waals surface area contributed by atoms with E-state index in [-0.39, 0.29) is 18.6 Å². The first kappa shape index (κ1) is 17.9. The van der Waals surface area contributed by atoms with Crippen molar-refractivity contribution < 1.29 is 19.4 Å². The number of carbonyl (C=O) groups excluding carboxylic acids is 1. The first-order valence-electron chi connectivity index (χ1n) is 7.59. The van der Waals surface area contributed by atoms with Crippen molar-refractivity contribution in [3.63, 3.8) is 0 Å². The van der Waals surface area contributed by atoms with E-state index in [1.54, 1.807) is 11.9 Å². The number of rotatable bonds is 7. The van der Waals surface area contributed by atoms with E-state index in [2.05, 4.69) is 20.8 Å². The van der Waals surface area contributed by atoms with Gasteiger partial charge < -0.3 is 14.7 Å². The van der Waals surface area contributed by atoms with Gasteiger partial charge in [0.25, 0.3) is 0 Å². The Hall–Kier alpha value is -1.14. The van der Waals surface area contributed by atoms with E-state index >= 15 is 0 Å². The number of hydrogen-bond acceptors (Lipinski definition) is 4. The quantitative estimate of drug-likeness (QED) is 0.757. The lowest BCUT2D eigenvalue weighted by molar-refractivity contribution is -0.143. The van der Waals surface area contributed by atoms with Crippen molar-refractivity contribution in [3.8, 4) is 0 Å². The van der Waals surface area contributed by atoms with E-state index in [0.29, 0.717) is 44.5 Å². The smallest absolute Gasteiger partial charge is 0.317 e. The molecule has 1 fully saturated rings. The number of likely N-dealkylation sites (N-methyl/N-ethyl adjacent to an activating group) is 1. The van der Waals surface area contributed by atoms with Crippen LogP contribution in [-0.2, 0) is 14.3 Å². The van der Waals surface area contributed by atoms with Crippen molar-refractivity contribution in [1.29, 1.82) is 0 Å². The summed E-state index contributed by atoms with van der Waals surface area (Å²) in [6.45, 7) is 8.56. The minimum Gasteiger partial charge on any atom is -0.480 e. The predicted molar refractivity (Wildman–Crippen MR) is 80.1 cm³/mol. The molecule has 6 nitrogen and oxygen atoms in total. The zero-order valence-electron chi connectivity index (χ0n) is 13.5. The maximum absolute atomic E-state index is 12.3. The maximum atomic E-state index is 12.3. The number of amides is 1. The summed E-state index contributed by atoms with van der Waals surface area (Å²) in [5.41, 5.74) is 0. The number of carboxylic acid groups (broad SMARTS) is 1. The van der Waals surface area contributed by atoms with Crippen molar-refractivity contribution in [2.75, 3.05) is 39.8 Å². The number of ether oxygens (including phenoxy) is 1. The number of nitrogens with zero attached hydrogens (tertiary/aromatic N) is 2. The lowest BCUT2D eigenvalue weighted by Crippen LogP contribution is -2.50. The fourth-order valence-electron chi connectivity index (χ4n) is 2.34. The average molecular weight is 300 g/mol. The molecule has 1 aliphatic rings. The Labute approximate surface area is 127 Å². The average Bonchev–Trinajstić information content (AvgIpc) is 2.37. The van der Waals surface area contributed by atoms with E-state index in [0.717, 1.165) is 0 Å². The summed E-state index contributed by atoms with van der Waals surface area (Å²) in [6.07, 6.45) is 0.455. The Balaban J connectivity index is 2.44. The van der Waals surface area contributed by atoms with E-state index < -0.39 is 5.97 Å². The molecule has 0 aliphatic carbocycles. The fourth-order valence-corrected chi connectivity index (χ4v) is 2.34. The highest BCUT2D eigenvalue weighted by Crippen LogP contribution is 2.17. The zero-order chi connectivity index (χ0) is 16.0. The minimum absolute atomic E-state index is 0.0157. The van der Waals surface area contributed by atoms with Crippen LogP contribution in [0.1, 0.15) is 27.2 Å². The van der Waals surface area contributed by atoms with Crippen LogP contribution in [0.4, 0.5) is 0 Å². The van der Waals surface area contributed by atoms with Gasteiger partial charge in [-0.05, 0) is 18.9 Å². The first-order chi connectivity index (χ1) is 9.79. The van der Waals surface area contributed by atoms with Gasteiger partial charge in [-0.15, -0.1) is 0 Å². The van der Waals surface area contributed by atoms with Crippen molar-refractivity contribution in [3.05, 3.63) is 0 Å². The van der Waals surface area contributed by atoms with Gasteiger partial charge >= 0.3 is 5.97 Å². The third-order valence-corrected chi connectivity index (χ3v) is 4.05. The lowest BCUT2D eigenvalue weighted by atomic mass is 9.94. The van der Waals surface area contributed by atoms with Gasteiger partial charge in [0.05, 0.1) is 19.3 Å². The van der Waals surface area contributed by atoms with Gasteiger partial charge in [-0.2, -0.15) is 0 Å². The molecule has 0 aromatic carbocycles. The van der Waals surface area contributed by atoms with Crippen LogP contribution in [-0.4, -0.2) is 72.7 Å². The van der Waals surface area contributed by atoms with Gasteiger partial charge in [-0.3, -0.25) is 14.5 Å². The predicted octanol–water partition coefficient (Wildman–Crippen LogP) is 0.912. The van der Waals surface area contributed by atoms with Crippen LogP contribution < -0.4 is 0 Å². The Kier molecular flexibility index (Phi) is 7.11.